The third-order valence-electron chi connectivity index (χ3n) is 5.32. The molecule has 1 saturated carbocycles. The Kier molecular flexibility index (Phi) is 3.91. The summed E-state index contributed by atoms with van der Waals surface area (Å²) in [6.45, 7) is 2.55. The number of hydrogen-bond acceptors (Lipinski definition) is 2. The summed E-state index contributed by atoms with van der Waals surface area (Å²) < 4.78 is 5.48. The van der Waals surface area contributed by atoms with Crippen LogP contribution >= 0.6 is 0 Å². The maximum atomic E-state index is 13.0. The molecule has 0 unspecified atom stereocenters. The lowest BCUT2D eigenvalue weighted by atomic mass is 9.90. The number of amides is 1. The molecule has 1 aliphatic heterocycles. The Morgan fingerprint density at radius 1 is 1.14 bits per heavy atom. The molecule has 3 heteroatoms. The highest BCUT2D eigenvalue weighted by Gasteiger charge is 2.35. The van der Waals surface area contributed by atoms with Crippen LogP contribution in [0.5, 0.6) is 0 Å². The van der Waals surface area contributed by atoms with E-state index in [1.54, 1.807) is 0 Å². The van der Waals surface area contributed by atoms with Crippen molar-refractivity contribution < 1.29 is 9.53 Å². The molecule has 2 fully saturated rings. The van der Waals surface area contributed by atoms with Gasteiger partial charge in [-0.25, -0.2) is 0 Å². The van der Waals surface area contributed by atoms with Gasteiger partial charge in [0.1, 0.15) is 0 Å². The number of benzene rings is 1. The molecule has 3 aliphatic rings. The van der Waals surface area contributed by atoms with Gasteiger partial charge in [-0.1, -0.05) is 6.07 Å². The van der Waals surface area contributed by atoms with Crippen LogP contribution in [0.25, 0.3) is 0 Å². The summed E-state index contributed by atoms with van der Waals surface area (Å²) in [5.74, 6) is 0.768. The molecule has 2 aliphatic carbocycles. The van der Waals surface area contributed by atoms with E-state index in [9.17, 15) is 4.79 Å². The summed E-state index contributed by atoms with van der Waals surface area (Å²) in [5.41, 5.74) is 3.74. The summed E-state index contributed by atoms with van der Waals surface area (Å²) in [6, 6.07) is 6.87. The van der Waals surface area contributed by atoms with Crippen LogP contribution in [0.4, 0.5) is 0 Å². The standard InChI is InChI=1S/C19H25NO2/c21-19(17-6-5-15-3-1-2-4-16(15)11-17)20(18-7-8-18)12-14-9-10-22-13-14/h5-6,11,14,18H,1-4,7-10,12-13H2/t14-/m0/s1. The number of rotatable bonds is 4. The Bertz CT molecular complexity index is 559. The Morgan fingerprint density at radius 2 is 1.95 bits per heavy atom. The van der Waals surface area contributed by atoms with Gasteiger partial charge in [-0.15, -0.1) is 0 Å². The molecule has 0 spiro atoms. The number of aryl methyl sites for hydroxylation is 2. The summed E-state index contributed by atoms with van der Waals surface area (Å²) in [6.07, 6.45) is 8.30. The van der Waals surface area contributed by atoms with E-state index in [1.807, 2.05) is 6.07 Å². The van der Waals surface area contributed by atoms with E-state index in [0.717, 1.165) is 38.2 Å². The first-order valence-electron chi connectivity index (χ1n) is 8.82. The van der Waals surface area contributed by atoms with E-state index in [-0.39, 0.29) is 5.91 Å². The van der Waals surface area contributed by atoms with Crippen LogP contribution in [-0.4, -0.2) is 36.6 Å². The Hall–Kier alpha value is -1.35. The van der Waals surface area contributed by atoms with Crippen molar-refractivity contribution in [2.75, 3.05) is 19.8 Å². The first-order valence-corrected chi connectivity index (χ1v) is 8.82. The highest BCUT2D eigenvalue weighted by molar-refractivity contribution is 5.95. The minimum absolute atomic E-state index is 0.239. The van der Waals surface area contributed by atoms with E-state index in [0.29, 0.717) is 12.0 Å². The van der Waals surface area contributed by atoms with Crippen LogP contribution in [0.1, 0.15) is 53.6 Å². The number of hydrogen-bond donors (Lipinski definition) is 0. The summed E-state index contributed by atoms with van der Waals surface area (Å²) in [5, 5.41) is 0. The topological polar surface area (TPSA) is 29.5 Å². The first kappa shape index (κ1) is 14.3. The van der Waals surface area contributed by atoms with E-state index in [1.165, 1.54) is 43.2 Å². The maximum absolute atomic E-state index is 13.0. The van der Waals surface area contributed by atoms with Crippen molar-refractivity contribution in [2.45, 2.75) is 51.0 Å². The number of nitrogens with zero attached hydrogens (tertiary/aromatic N) is 1. The maximum Gasteiger partial charge on any atom is 0.254 e. The number of carbonyl (C=O) groups is 1. The molecule has 0 aromatic heterocycles. The van der Waals surface area contributed by atoms with E-state index in [4.69, 9.17) is 4.74 Å². The second-order valence-electron chi connectivity index (χ2n) is 7.11. The predicted molar refractivity (Wildman–Crippen MR) is 86.1 cm³/mol. The molecule has 1 aromatic rings. The van der Waals surface area contributed by atoms with Crippen molar-refractivity contribution in [2.24, 2.45) is 5.92 Å². The lowest BCUT2D eigenvalue weighted by Gasteiger charge is -2.26. The number of ether oxygens (including phenoxy) is 1. The molecule has 118 valence electrons. The van der Waals surface area contributed by atoms with Gasteiger partial charge in [-0.05, 0) is 68.2 Å². The van der Waals surface area contributed by atoms with Gasteiger partial charge in [0.2, 0.25) is 0 Å². The quantitative estimate of drug-likeness (QED) is 0.854. The fourth-order valence-corrected chi connectivity index (χ4v) is 3.82. The van der Waals surface area contributed by atoms with Gasteiger partial charge in [-0.3, -0.25) is 4.79 Å². The number of fused-ring (bicyclic) bond motifs is 1. The summed E-state index contributed by atoms with van der Waals surface area (Å²) >= 11 is 0. The fraction of sp³-hybridized carbons (Fsp3) is 0.632. The SMILES string of the molecule is O=C(c1ccc2c(c1)CCCC2)N(C[C@@H]1CCOC1)C1CC1. The van der Waals surface area contributed by atoms with Crippen LogP contribution in [0.3, 0.4) is 0 Å². The monoisotopic (exact) mass is 299 g/mol. The molecule has 1 saturated heterocycles. The van der Waals surface area contributed by atoms with Crippen LogP contribution in [0, 0.1) is 5.92 Å². The molecule has 3 nitrogen and oxygen atoms in total. The fourth-order valence-electron chi connectivity index (χ4n) is 3.82. The van der Waals surface area contributed by atoms with Gasteiger partial charge in [0, 0.05) is 30.7 Å². The Morgan fingerprint density at radius 3 is 2.68 bits per heavy atom. The Labute approximate surface area is 132 Å². The third-order valence-corrected chi connectivity index (χ3v) is 5.32. The van der Waals surface area contributed by atoms with Crippen molar-refractivity contribution in [3.8, 4) is 0 Å². The molecule has 1 aromatic carbocycles. The lowest BCUT2D eigenvalue weighted by molar-refractivity contribution is 0.0706. The average Bonchev–Trinajstić information content (AvgIpc) is 3.27. The van der Waals surface area contributed by atoms with Crippen LogP contribution < -0.4 is 0 Å². The molecular formula is C19H25NO2. The van der Waals surface area contributed by atoms with Crippen molar-refractivity contribution in [3.63, 3.8) is 0 Å². The van der Waals surface area contributed by atoms with E-state index < -0.39 is 0 Å². The van der Waals surface area contributed by atoms with Gasteiger partial charge in [0.25, 0.3) is 5.91 Å². The molecule has 1 atom stereocenters. The van der Waals surface area contributed by atoms with Crippen LogP contribution in [0.2, 0.25) is 0 Å². The number of carbonyl (C=O) groups excluding carboxylic acids is 1. The first-order chi connectivity index (χ1) is 10.8. The van der Waals surface area contributed by atoms with Gasteiger partial charge < -0.3 is 9.64 Å². The lowest BCUT2D eigenvalue weighted by Crippen LogP contribution is -2.37. The highest BCUT2D eigenvalue weighted by Crippen LogP contribution is 2.31. The molecule has 1 amide bonds. The van der Waals surface area contributed by atoms with Gasteiger partial charge >= 0.3 is 0 Å². The average molecular weight is 299 g/mol. The smallest absolute Gasteiger partial charge is 0.254 e. The van der Waals surface area contributed by atoms with Crippen molar-refractivity contribution in [3.05, 3.63) is 34.9 Å². The summed E-state index contributed by atoms with van der Waals surface area (Å²) in [7, 11) is 0. The normalized spacial score (nSPS) is 24.1. The van der Waals surface area contributed by atoms with Gasteiger partial charge in [-0.2, -0.15) is 0 Å². The zero-order valence-corrected chi connectivity index (χ0v) is 13.2. The van der Waals surface area contributed by atoms with E-state index in [2.05, 4.69) is 17.0 Å². The summed E-state index contributed by atoms with van der Waals surface area (Å²) in [4.78, 5) is 15.1. The van der Waals surface area contributed by atoms with E-state index >= 15 is 0 Å². The molecular weight excluding hydrogens is 274 g/mol. The third kappa shape index (κ3) is 2.91. The molecule has 0 radical (unpaired) electrons. The molecule has 0 N–H and O–H groups in total. The molecule has 22 heavy (non-hydrogen) atoms. The van der Waals surface area contributed by atoms with Gasteiger partial charge in [0.15, 0.2) is 0 Å². The zero-order valence-electron chi connectivity index (χ0n) is 13.2. The molecule has 4 rings (SSSR count). The minimum Gasteiger partial charge on any atom is -0.381 e. The highest BCUT2D eigenvalue weighted by atomic mass is 16.5. The second kappa shape index (κ2) is 6.04. The van der Waals surface area contributed by atoms with Crippen molar-refractivity contribution in [1.82, 2.24) is 4.90 Å². The Balaban J connectivity index is 1.53. The van der Waals surface area contributed by atoms with Gasteiger partial charge in [0.05, 0.1) is 6.61 Å². The van der Waals surface area contributed by atoms with Crippen molar-refractivity contribution >= 4 is 5.91 Å². The largest absolute Gasteiger partial charge is 0.381 e. The minimum atomic E-state index is 0.239. The van der Waals surface area contributed by atoms with Crippen LogP contribution in [0.15, 0.2) is 18.2 Å². The second-order valence-corrected chi connectivity index (χ2v) is 7.11. The molecule has 1 heterocycles. The van der Waals surface area contributed by atoms with Crippen molar-refractivity contribution in [1.29, 1.82) is 0 Å². The van der Waals surface area contributed by atoms with Crippen LogP contribution in [-0.2, 0) is 17.6 Å². The molecule has 0 bridgehead atoms. The predicted octanol–water partition coefficient (Wildman–Crippen LogP) is 3.21. The zero-order chi connectivity index (χ0) is 14.9.